The van der Waals surface area contributed by atoms with E-state index in [1.165, 1.54) is 12.1 Å². The molecule has 0 aliphatic carbocycles. The van der Waals surface area contributed by atoms with Crippen LogP contribution in [0, 0.1) is 5.82 Å². The topological polar surface area (TPSA) is 41.9 Å². The number of halogens is 1. The van der Waals surface area contributed by atoms with Crippen molar-refractivity contribution in [3.05, 3.63) is 83.8 Å². The van der Waals surface area contributed by atoms with Gasteiger partial charge in [0.2, 0.25) is 0 Å². The second kappa shape index (κ2) is 7.70. The third-order valence-electron chi connectivity index (χ3n) is 3.41. The summed E-state index contributed by atoms with van der Waals surface area (Å²) in [6, 6.07) is 18.3. The summed E-state index contributed by atoms with van der Waals surface area (Å²) in [6.07, 6.45) is 1.83. The SMILES string of the molecule is Fc1cccc(Cn2ccc(NC(=S)NCc3ccccc3)n2)c1. The van der Waals surface area contributed by atoms with Gasteiger partial charge in [0.25, 0.3) is 0 Å². The molecule has 0 unspecified atom stereocenters. The largest absolute Gasteiger partial charge is 0.358 e. The lowest BCUT2D eigenvalue weighted by atomic mass is 10.2. The number of aromatic nitrogens is 2. The van der Waals surface area contributed by atoms with E-state index in [1.807, 2.05) is 48.7 Å². The van der Waals surface area contributed by atoms with Gasteiger partial charge in [-0.05, 0) is 35.5 Å². The van der Waals surface area contributed by atoms with Crippen LogP contribution >= 0.6 is 12.2 Å². The molecule has 6 heteroatoms. The van der Waals surface area contributed by atoms with Gasteiger partial charge >= 0.3 is 0 Å². The molecule has 24 heavy (non-hydrogen) atoms. The minimum atomic E-state index is -0.246. The molecular weight excluding hydrogens is 323 g/mol. The third-order valence-corrected chi connectivity index (χ3v) is 3.66. The molecule has 0 radical (unpaired) electrons. The Morgan fingerprint density at radius 3 is 2.62 bits per heavy atom. The highest BCUT2D eigenvalue weighted by molar-refractivity contribution is 7.80. The smallest absolute Gasteiger partial charge is 0.172 e. The molecular formula is C18H17FN4S. The average molecular weight is 340 g/mol. The maximum Gasteiger partial charge on any atom is 0.172 e. The van der Waals surface area contributed by atoms with E-state index >= 15 is 0 Å². The van der Waals surface area contributed by atoms with Crippen LogP contribution in [0.3, 0.4) is 0 Å². The standard InChI is InChI=1S/C18H17FN4S/c19-16-8-4-7-15(11-16)13-23-10-9-17(22-23)21-18(24)20-12-14-5-2-1-3-6-14/h1-11H,12-13H2,(H2,20,21,22,24). The Morgan fingerprint density at radius 1 is 1.04 bits per heavy atom. The van der Waals surface area contributed by atoms with Crippen molar-refractivity contribution in [3.8, 4) is 0 Å². The average Bonchev–Trinajstić information content (AvgIpc) is 3.01. The Balaban J connectivity index is 1.53. The summed E-state index contributed by atoms with van der Waals surface area (Å²) in [4.78, 5) is 0. The van der Waals surface area contributed by atoms with Crippen LogP contribution in [0.4, 0.5) is 10.2 Å². The molecule has 0 aliphatic rings. The van der Waals surface area contributed by atoms with Crippen molar-refractivity contribution in [2.45, 2.75) is 13.1 Å². The zero-order chi connectivity index (χ0) is 16.8. The van der Waals surface area contributed by atoms with Crippen molar-refractivity contribution < 1.29 is 4.39 Å². The summed E-state index contributed by atoms with van der Waals surface area (Å²) in [6.45, 7) is 1.15. The Morgan fingerprint density at radius 2 is 1.83 bits per heavy atom. The quantitative estimate of drug-likeness (QED) is 0.697. The lowest BCUT2D eigenvalue weighted by molar-refractivity contribution is 0.619. The van der Waals surface area contributed by atoms with Gasteiger partial charge in [0, 0.05) is 18.8 Å². The summed E-state index contributed by atoms with van der Waals surface area (Å²) >= 11 is 5.27. The fourth-order valence-electron chi connectivity index (χ4n) is 2.28. The van der Waals surface area contributed by atoms with Gasteiger partial charge in [-0.3, -0.25) is 4.68 Å². The molecule has 2 aromatic carbocycles. The van der Waals surface area contributed by atoms with E-state index < -0.39 is 0 Å². The molecule has 4 nitrogen and oxygen atoms in total. The zero-order valence-corrected chi connectivity index (χ0v) is 13.8. The van der Waals surface area contributed by atoms with Crippen LogP contribution in [-0.2, 0) is 13.1 Å². The first-order valence-corrected chi connectivity index (χ1v) is 7.96. The summed E-state index contributed by atoms with van der Waals surface area (Å²) in [5.41, 5.74) is 2.01. The van der Waals surface area contributed by atoms with Gasteiger partial charge in [-0.1, -0.05) is 42.5 Å². The number of anilines is 1. The molecule has 0 saturated carbocycles. The van der Waals surface area contributed by atoms with Crippen molar-refractivity contribution in [1.82, 2.24) is 15.1 Å². The Bertz CT molecular complexity index is 817. The number of benzene rings is 2. The molecule has 0 bridgehead atoms. The molecule has 0 amide bonds. The molecule has 122 valence electrons. The molecule has 0 saturated heterocycles. The van der Waals surface area contributed by atoms with Crippen LogP contribution in [0.1, 0.15) is 11.1 Å². The monoisotopic (exact) mass is 340 g/mol. The molecule has 3 rings (SSSR count). The van der Waals surface area contributed by atoms with E-state index in [2.05, 4.69) is 15.7 Å². The van der Waals surface area contributed by atoms with Gasteiger partial charge in [-0.2, -0.15) is 5.10 Å². The van der Waals surface area contributed by atoms with Crippen molar-refractivity contribution in [3.63, 3.8) is 0 Å². The fourth-order valence-corrected chi connectivity index (χ4v) is 2.45. The fraction of sp³-hybridized carbons (Fsp3) is 0.111. The number of thiocarbonyl (C=S) groups is 1. The van der Waals surface area contributed by atoms with Gasteiger partial charge in [0.15, 0.2) is 10.9 Å². The van der Waals surface area contributed by atoms with Crippen LogP contribution in [0.15, 0.2) is 66.9 Å². The molecule has 0 fully saturated rings. The van der Waals surface area contributed by atoms with E-state index in [0.29, 0.717) is 24.0 Å². The van der Waals surface area contributed by atoms with Crippen molar-refractivity contribution in [2.24, 2.45) is 0 Å². The summed E-state index contributed by atoms with van der Waals surface area (Å²) in [5, 5.41) is 11.1. The van der Waals surface area contributed by atoms with Gasteiger partial charge in [0.1, 0.15) is 5.82 Å². The number of nitrogens with zero attached hydrogens (tertiary/aromatic N) is 2. The number of nitrogens with one attached hydrogen (secondary N) is 2. The number of rotatable bonds is 5. The number of hydrogen-bond acceptors (Lipinski definition) is 2. The van der Waals surface area contributed by atoms with Crippen molar-refractivity contribution >= 4 is 23.1 Å². The summed E-state index contributed by atoms with van der Waals surface area (Å²) in [5.74, 6) is 0.404. The molecule has 3 aromatic rings. The minimum absolute atomic E-state index is 0.246. The highest BCUT2D eigenvalue weighted by atomic mass is 32.1. The van der Waals surface area contributed by atoms with Gasteiger partial charge < -0.3 is 10.6 Å². The first-order valence-electron chi connectivity index (χ1n) is 7.56. The first kappa shape index (κ1) is 16.1. The first-order chi connectivity index (χ1) is 11.7. The lowest BCUT2D eigenvalue weighted by Crippen LogP contribution is -2.28. The van der Waals surface area contributed by atoms with E-state index in [-0.39, 0.29) is 5.82 Å². The Hall–Kier alpha value is -2.73. The van der Waals surface area contributed by atoms with Crippen LogP contribution in [0.25, 0.3) is 0 Å². The predicted octanol–water partition coefficient (Wildman–Crippen LogP) is 3.56. The van der Waals surface area contributed by atoms with E-state index in [4.69, 9.17) is 12.2 Å². The molecule has 1 heterocycles. The molecule has 0 atom stereocenters. The Kier molecular flexibility index (Phi) is 5.18. The number of hydrogen-bond donors (Lipinski definition) is 2. The summed E-state index contributed by atoms with van der Waals surface area (Å²) in [7, 11) is 0. The van der Waals surface area contributed by atoms with Crippen molar-refractivity contribution in [1.29, 1.82) is 0 Å². The maximum atomic E-state index is 13.2. The molecule has 2 N–H and O–H groups in total. The predicted molar refractivity (Wildman–Crippen MR) is 97.2 cm³/mol. The Labute approximate surface area is 145 Å². The second-order valence-electron chi connectivity index (χ2n) is 5.32. The second-order valence-corrected chi connectivity index (χ2v) is 5.73. The van der Waals surface area contributed by atoms with E-state index in [9.17, 15) is 4.39 Å². The van der Waals surface area contributed by atoms with Gasteiger partial charge in [0.05, 0.1) is 6.54 Å². The van der Waals surface area contributed by atoms with Gasteiger partial charge in [-0.25, -0.2) is 4.39 Å². The lowest BCUT2D eigenvalue weighted by Gasteiger charge is -2.08. The zero-order valence-electron chi connectivity index (χ0n) is 12.9. The van der Waals surface area contributed by atoms with Crippen LogP contribution < -0.4 is 10.6 Å². The van der Waals surface area contributed by atoms with Crippen LogP contribution in [0.2, 0.25) is 0 Å². The third kappa shape index (κ3) is 4.63. The van der Waals surface area contributed by atoms with Crippen molar-refractivity contribution in [2.75, 3.05) is 5.32 Å². The normalized spacial score (nSPS) is 10.4. The highest BCUT2D eigenvalue weighted by Gasteiger charge is 2.03. The molecule has 1 aromatic heterocycles. The van der Waals surface area contributed by atoms with Crippen LogP contribution in [-0.4, -0.2) is 14.9 Å². The molecule has 0 spiro atoms. The van der Waals surface area contributed by atoms with Gasteiger partial charge in [-0.15, -0.1) is 0 Å². The van der Waals surface area contributed by atoms with Crippen LogP contribution in [0.5, 0.6) is 0 Å². The summed E-state index contributed by atoms with van der Waals surface area (Å²) < 4.78 is 14.9. The molecule has 0 aliphatic heterocycles. The maximum absolute atomic E-state index is 13.2. The highest BCUT2D eigenvalue weighted by Crippen LogP contribution is 2.08. The van der Waals surface area contributed by atoms with E-state index in [0.717, 1.165) is 11.1 Å². The minimum Gasteiger partial charge on any atom is -0.358 e. The van der Waals surface area contributed by atoms with E-state index in [1.54, 1.807) is 10.7 Å².